The van der Waals surface area contributed by atoms with Gasteiger partial charge in [-0.05, 0) is 44.1 Å². The van der Waals surface area contributed by atoms with E-state index in [1.54, 1.807) is 19.9 Å². The Morgan fingerprint density at radius 2 is 1.93 bits per heavy atom. The van der Waals surface area contributed by atoms with Crippen LogP contribution in [0.15, 0.2) is 11.6 Å². The Morgan fingerprint density at radius 1 is 1.25 bits per heavy atom. The fourth-order valence-electron chi connectivity index (χ4n) is 7.19. The summed E-state index contributed by atoms with van der Waals surface area (Å²) in [6.45, 7) is 3.45. The van der Waals surface area contributed by atoms with E-state index in [4.69, 9.17) is 11.6 Å². The van der Waals surface area contributed by atoms with Gasteiger partial charge in [0.25, 0.3) is 0 Å². The lowest BCUT2D eigenvalue weighted by molar-refractivity contribution is -0.229. The first-order valence-corrected chi connectivity index (χ1v) is 10.6. The number of halogens is 2. The number of carbonyl (C=O) groups excluding carboxylic acids is 2. The maximum Gasteiger partial charge on any atom is 0.182 e. The third-order valence-corrected chi connectivity index (χ3v) is 9.05. The topological polar surface area (TPSA) is 94.8 Å². The van der Waals surface area contributed by atoms with E-state index in [1.165, 1.54) is 0 Å². The van der Waals surface area contributed by atoms with Crippen LogP contribution in [-0.2, 0) is 9.59 Å². The van der Waals surface area contributed by atoms with Crippen molar-refractivity contribution in [2.75, 3.05) is 5.88 Å². The minimum absolute atomic E-state index is 0.0111. The lowest BCUT2D eigenvalue weighted by Crippen LogP contribution is -2.70. The summed E-state index contributed by atoms with van der Waals surface area (Å²) >= 11 is 5.71. The van der Waals surface area contributed by atoms with Crippen molar-refractivity contribution in [1.29, 1.82) is 0 Å². The molecule has 0 aromatic carbocycles. The minimum Gasteiger partial charge on any atom is -0.390 e. The van der Waals surface area contributed by atoms with Crippen LogP contribution >= 0.6 is 11.6 Å². The van der Waals surface area contributed by atoms with E-state index >= 15 is 4.39 Å². The van der Waals surface area contributed by atoms with Gasteiger partial charge in [0.2, 0.25) is 0 Å². The van der Waals surface area contributed by atoms with E-state index in [9.17, 15) is 24.9 Å². The van der Waals surface area contributed by atoms with Gasteiger partial charge in [-0.1, -0.05) is 19.4 Å². The second kappa shape index (κ2) is 6.10. The summed E-state index contributed by atoms with van der Waals surface area (Å²) in [6, 6.07) is 0. The van der Waals surface area contributed by atoms with Crippen molar-refractivity contribution in [1.82, 2.24) is 0 Å². The van der Waals surface area contributed by atoms with E-state index < -0.39 is 57.8 Å². The lowest BCUT2D eigenvalue weighted by Gasteiger charge is -2.63. The Balaban J connectivity index is 1.83. The number of ketones is 2. The van der Waals surface area contributed by atoms with Crippen LogP contribution in [0.3, 0.4) is 0 Å². The molecule has 4 aliphatic rings. The van der Waals surface area contributed by atoms with Gasteiger partial charge in [0.05, 0.1) is 18.1 Å². The smallest absolute Gasteiger partial charge is 0.182 e. The molecule has 0 aromatic heterocycles. The number of hydrogen-bond donors (Lipinski definition) is 3. The van der Waals surface area contributed by atoms with E-state index in [2.05, 4.69) is 0 Å². The molecule has 3 N–H and O–H groups in total. The normalized spacial score (nSPS) is 53.1. The number of Topliss-reactive ketones (excluding diaryl/α,β-unsaturated/α-hetero) is 1. The number of allylic oxidation sites excluding steroid dienone is 1. The van der Waals surface area contributed by atoms with Crippen molar-refractivity contribution in [3.63, 3.8) is 0 Å². The second-order valence-electron chi connectivity index (χ2n) is 9.70. The number of carbonyl (C=O) groups is 2. The quantitative estimate of drug-likeness (QED) is 0.601. The van der Waals surface area contributed by atoms with Crippen molar-refractivity contribution in [2.24, 2.45) is 22.7 Å². The summed E-state index contributed by atoms with van der Waals surface area (Å²) in [6.07, 6.45) is 0.240. The first-order valence-electron chi connectivity index (χ1n) is 10.1. The molecular weight excluding hydrogens is 387 g/mol. The van der Waals surface area contributed by atoms with Crippen molar-refractivity contribution in [3.8, 4) is 0 Å². The molecule has 0 aromatic rings. The Kier molecular flexibility index (Phi) is 4.45. The third kappa shape index (κ3) is 2.13. The Morgan fingerprint density at radius 3 is 2.57 bits per heavy atom. The highest BCUT2D eigenvalue weighted by Crippen LogP contribution is 2.70. The zero-order valence-corrected chi connectivity index (χ0v) is 17.0. The molecule has 0 bridgehead atoms. The van der Waals surface area contributed by atoms with Gasteiger partial charge in [0.1, 0.15) is 5.67 Å². The Hall–Kier alpha value is -0.820. The van der Waals surface area contributed by atoms with Crippen LogP contribution in [0.5, 0.6) is 0 Å². The van der Waals surface area contributed by atoms with E-state index in [-0.39, 0.29) is 25.0 Å². The summed E-state index contributed by atoms with van der Waals surface area (Å²) in [4.78, 5) is 24.4. The Bertz CT molecular complexity index is 770. The molecule has 0 aliphatic heterocycles. The van der Waals surface area contributed by atoms with Gasteiger partial charge in [-0.3, -0.25) is 9.59 Å². The molecule has 0 heterocycles. The van der Waals surface area contributed by atoms with E-state index in [0.717, 1.165) is 5.57 Å². The van der Waals surface area contributed by atoms with Crippen molar-refractivity contribution in [2.45, 2.75) is 75.9 Å². The minimum atomic E-state index is -2.10. The number of aliphatic hydroxyl groups excluding tert-OH is 2. The van der Waals surface area contributed by atoms with Gasteiger partial charge < -0.3 is 15.3 Å². The largest absolute Gasteiger partial charge is 0.390 e. The van der Waals surface area contributed by atoms with E-state index in [1.807, 2.05) is 0 Å². The number of hydrogen-bond acceptors (Lipinski definition) is 5. The maximum absolute atomic E-state index is 16.9. The number of rotatable bonds is 2. The van der Waals surface area contributed by atoms with Gasteiger partial charge in [-0.25, -0.2) is 4.39 Å². The molecule has 7 heteroatoms. The maximum atomic E-state index is 16.9. The average Bonchev–Trinajstić information content (AvgIpc) is 2.84. The Labute approximate surface area is 168 Å². The highest BCUT2D eigenvalue weighted by Gasteiger charge is 2.76. The predicted octanol–water partition coefficient (Wildman–Crippen LogP) is 2.09. The summed E-state index contributed by atoms with van der Waals surface area (Å²) in [7, 11) is 0. The standard InChI is InChI=1S/C21H28ClFO5/c1-18-6-5-12(24)7-11(18)3-4-13-14-8-15(25)21(28,17(27)10-22)19(14,2)9-16(26)20(13,18)23/h7,13-16,25-26,28H,3-6,8-10H2,1-2H3/t13-,14-,15+,16-,18-,19-,20-,21-/m0/s1. The zero-order valence-electron chi connectivity index (χ0n) is 16.3. The van der Waals surface area contributed by atoms with Crippen LogP contribution in [0.25, 0.3) is 0 Å². The molecule has 3 fully saturated rings. The molecule has 0 unspecified atom stereocenters. The van der Waals surface area contributed by atoms with E-state index in [0.29, 0.717) is 19.3 Å². The molecule has 156 valence electrons. The van der Waals surface area contributed by atoms with Crippen LogP contribution in [0.1, 0.15) is 52.4 Å². The SMILES string of the molecule is C[C@]12CCC(=O)C=C1CC[C@H]1[C@@H]3C[C@@H](O)[C@](O)(C(=O)CCl)[C@@]3(C)C[C@H](O)[C@@]12F. The molecule has 4 rings (SSSR count). The van der Waals surface area contributed by atoms with Gasteiger partial charge in [-0.2, -0.15) is 0 Å². The lowest BCUT2D eigenvalue weighted by atomic mass is 9.44. The van der Waals surface area contributed by atoms with Crippen LogP contribution in [0, 0.1) is 22.7 Å². The van der Waals surface area contributed by atoms with Gasteiger partial charge in [0.15, 0.2) is 17.2 Å². The fourth-order valence-corrected chi connectivity index (χ4v) is 7.39. The van der Waals surface area contributed by atoms with Crippen molar-refractivity contribution < 1.29 is 29.3 Å². The van der Waals surface area contributed by atoms with Crippen molar-refractivity contribution >= 4 is 23.2 Å². The monoisotopic (exact) mass is 414 g/mol. The highest BCUT2D eigenvalue weighted by molar-refractivity contribution is 6.29. The molecule has 0 amide bonds. The first kappa shape index (κ1) is 20.5. The summed E-state index contributed by atoms with van der Waals surface area (Å²) in [5.41, 5.74) is -5.46. The summed E-state index contributed by atoms with van der Waals surface area (Å²) < 4.78 is 16.9. The molecule has 0 spiro atoms. The van der Waals surface area contributed by atoms with Crippen LogP contribution in [0.4, 0.5) is 4.39 Å². The van der Waals surface area contributed by atoms with Gasteiger partial charge in [0, 0.05) is 23.2 Å². The van der Waals surface area contributed by atoms with Crippen LogP contribution in [-0.4, -0.2) is 56.2 Å². The number of fused-ring (bicyclic) bond motifs is 5. The molecular formula is C21H28ClFO5. The number of aliphatic hydroxyl groups is 3. The van der Waals surface area contributed by atoms with Gasteiger partial charge >= 0.3 is 0 Å². The molecule has 4 aliphatic carbocycles. The molecule has 5 nitrogen and oxygen atoms in total. The second-order valence-corrected chi connectivity index (χ2v) is 9.97. The molecule has 0 radical (unpaired) electrons. The van der Waals surface area contributed by atoms with Gasteiger partial charge in [-0.15, -0.1) is 11.6 Å². The average molecular weight is 415 g/mol. The predicted molar refractivity (Wildman–Crippen MR) is 101 cm³/mol. The summed E-state index contributed by atoms with van der Waals surface area (Å²) in [5, 5.41) is 33.0. The zero-order chi connectivity index (χ0) is 20.7. The highest BCUT2D eigenvalue weighted by atomic mass is 35.5. The number of alkyl halides is 2. The van der Waals surface area contributed by atoms with Crippen molar-refractivity contribution in [3.05, 3.63) is 11.6 Å². The molecule has 0 saturated heterocycles. The third-order valence-electron chi connectivity index (χ3n) is 8.81. The first-order chi connectivity index (χ1) is 13.0. The molecule has 8 atom stereocenters. The fraction of sp³-hybridized carbons (Fsp3) is 0.810. The molecule has 3 saturated carbocycles. The van der Waals surface area contributed by atoms with Crippen LogP contribution < -0.4 is 0 Å². The summed E-state index contributed by atoms with van der Waals surface area (Å²) in [5.74, 6) is -2.24. The molecule has 28 heavy (non-hydrogen) atoms. The van der Waals surface area contributed by atoms with Crippen LogP contribution in [0.2, 0.25) is 0 Å².